The van der Waals surface area contributed by atoms with E-state index in [1.807, 2.05) is 0 Å². The highest BCUT2D eigenvalue weighted by Gasteiger charge is 2.12. The van der Waals surface area contributed by atoms with Gasteiger partial charge in [0, 0.05) is 16.7 Å². The van der Waals surface area contributed by atoms with Gasteiger partial charge in [-0.1, -0.05) is 20.3 Å². The molecule has 0 heterocycles. The van der Waals surface area contributed by atoms with Crippen LogP contribution in [0.25, 0.3) is 0 Å². The van der Waals surface area contributed by atoms with Gasteiger partial charge in [-0.05, 0) is 24.1 Å². The molecule has 1 nitrogen and oxygen atoms in total. The first-order chi connectivity index (χ1) is 7.54. The van der Waals surface area contributed by atoms with E-state index >= 15 is 0 Å². The summed E-state index contributed by atoms with van der Waals surface area (Å²) < 4.78 is 26.2. The van der Waals surface area contributed by atoms with Gasteiger partial charge in [-0.15, -0.1) is 11.8 Å². The van der Waals surface area contributed by atoms with Gasteiger partial charge in [-0.3, -0.25) is 0 Å². The average molecular weight is 245 g/mol. The fourth-order valence-corrected chi connectivity index (χ4v) is 2.34. The van der Waals surface area contributed by atoms with Crippen LogP contribution in [0.3, 0.4) is 0 Å². The summed E-state index contributed by atoms with van der Waals surface area (Å²) in [5.41, 5.74) is 5.93. The van der Waals surface area contributed by atoms with Gasteiger partial charge in [0.1, 0.15) is 11.6 Å². The monoisotopic (exact) mass is 245 g/mol. The molecule has 1 aromatic carbocycles. The summed E-state index contributed by atoms with van der Waals surface area (Å²) in [6, 6.07) is 3.49. The molecule has 0 saturated carbocycles. The Labute approximate surface area is 99.4 Å². The lowest BCUT2D eigenvalue weighted by atomic mass is 10.0. The first-order valence-electron chi connectivity index (χ1n) is 5.38. The molecule has 0 aliphatic rings. The fourth-order valence-electron chi connectivity index (χ4n) is 1.24. The van der Waals surface area contributed by atoms with Crippen molar-refractivity contribution in [3.63, 3.8) is 0 Å². The molecule has 2 atom stereocenters. The van der Waals surface area contributed by atoms with E-state index < -0.39 is 5.82 Å². The smallest absolute Gasteiger partial charge is 0.136 e. The van der Waals surface area contributed by atoms with Crippen LogP contribution in [0.1, 0.15) is 20.3 Å². The molecule has 0 saturated heterocycles. The number of benzene rings is 1. The van der Waals surface area contributed by atoms with Crippen molar-refractivity contribution in [3.8, 4) is 0 Å². The molecule has 2 N–H and O–H groups in total. The van der Waals surface area contributed by atoms with Crippen molar-refractivity contribution in [2.45, 2.75) is 31.2 Å². The summed E-state index contributed by atoms with van der Waals surface area (Å²) in [5.74, 6) is 0.197. The maximum absolute atomic E-state index is 13.3. The number of thioether (sulfide) groups is 1. The second-order valence-corrected chi connectivity index (χ2v) is 5.00. The van der Waals surface area contributed by atoms with E-state index in [0.29, 0.717) is 16.6 Å². The second kappa shape index (κ2) is 6.21. The lowest BCUT2D eigenvalue weighted by Gasteiger charge is -2.17. The number of rotatable bonds is 5. The normalized spacial score (nSPS) is 14.8. The Morgan fingerprint density at radius 1 is 1.38 bits per heavy atom. The minimum atomic E-state index is -0.416. The zero-order valence-corrected chi connectivity index (χ0v) is 10.4. The van der Waals surface area contributed by atoms with E-state index in [4.69, 9.17) is 5.73 Å². The van der Waals surface area contributed by atoms with Crippen LogP contribution in [0.4, 0.5) is 8.78 Å². The molecular weight excluding hydrogens is 228 g/mol. The molecule has 4 heteroatoms. The van der Waals surface area contributed by atoms with Gasteiger partial charge in [0.15, 0.2) is 0 Å². The number of halogens is 2. The van der Waals surface area contributed by atoms with Crippen LogP contribution in [0.15, 0.2) is 23.1 Å². The molecule has 0 aliphatic heterocycles. The van der Waals surface area contributed by atoms with Crippen LogP contribution in [0, 0.1) is 17.6 Å². The largest absolute Gasteiger partial charge is 0.327 e. The summed E-state index contributed by atoms with van der Waals surface area (Å²) in [7, 11) is 0. The van der Waals surface area contributed by atoms with Crippen molar-refractivity contribution in [1.29, 1.82) is 0 Å². The van der Waals surface area contributed by atoms with E-state index in [-0.39, 0.29) is 11.9 Å². The highest BCUT2D eigenvalue weighted by Crippen LogP contribution is 2.24. The molecule has 0 amide bonds. The number of nitrogens with two attached hydrogens (primary N) is 1. The third-order valence-corrected chi connectivity index (χ3v) is 3.87. The van der Waals surface area contributed by atoms with E-state index in [9.17, 15) is 8.78 Å². The van der Waals surface area contributed by atoms with Gasteiger partial charge in [0.2, 0.25) is 0 Å². The van der Waals surface area contributed by atoms with Crippen LogP contribution in [0.5, 0.6) is 0 Å². The van der Waals surface area contributed by atoms with Crippen LogP contribution in [-0.4, -0.2) is 11.8 Å². The molecule has 0 fully saturated rings. The molecule has 1 rings (SSSR count). The zero-order valence-electron chi connectivity index (χ0n) is 9.54. The molecule has 0 aliphatic carbocycles. The first kappa shape index (κ1) is 13.5. The highest BCUT2D eigenvalue weighted by atomic mass is 32.2. The number of hydrogen-bond donors (Lipinski definition) is 1. The minimum Gasteiger partial charge on any atom is -0.327 e. The van der Waals surface area contributed by atoms with Crippen molar-refractivity contribution in [1.82, 2.24) is 0 Å². The SMILES string of the molecule is CCC(C)C(N)CSc1cc(F)ccc1F. The zero-order chi connectivity index (χ0) is 12.1. The fraction of sp³-hybridized carbons (Fsp3) is 0.500. The van der Waals surface area contributed by atoms with Gasteiger partial charge in [-0.2, -0.15) is 0 Å². The third-order valence-electron chi connectivity index (χ3n) is 2.70. The molecule has 90 valence electrons. The molecule has 16 heavy (non-hydrogen) atoms. The molecule has 0 bridgehead atoms. The van der Waals surface area contributed by atoms with Gasteiger partial charge >= 0.3 is 0 Å². The average Bonchev–Trinajstić information content (AvgIpc) is 2.28. The summed E-state index contributed by atoms with van der Waals surface area (Å²) in [4.78, 5) is 0.332. The second-order valence-electron chi connectivity index (χ2n) is 3.94. The Bertz CT molecular complexity index is 344. The highest BCUT2D eigenvalue weighted by molar-refractivity contribution is 7.99. The molecule has 2 unspecified atom stereocenters. The topological polar surface area (TPSA) is 26.0 Å². The molecule has 0 radical (unpaired) electrons. The number of hydrogen-bond acceptors (Lipinski definition) is 2. The lowest BCUT2D eigenvalue weighted by molar-refractivity contribution is 0.475. The Morgan fingerprint density at radius 2 is 2.06 bits per heavy atom. The van der Waals surface area contributed by atoms with E-state index in [0.717, 1.165) is 18.6 Å². The molecule has 0 aromatic heterocycles. The van der Waals surface area contributed by atoms with Crippen molar-refractivity contribution in [2.24, 2.45) is 11.7 Å². The third kappa shape index (κ3) is 3.76. The van der Waals surface area contributed by atoms with Crippen LogP contribution < -0.4 is 5.73 Å². The standard InChI is InChI=1S/C12H17F2NS/c1-3-8(2)11(15)7-16-12-6-9(13)4-5-10(12)14/h4-6,8,11H,3,7,15H2,1-2H3. The molecule has 0 spiro atoms. The van der Waals surface area contributed by atoms with Crippen molar-refractivity contribution < 1.29 is 8.78 Å². The summed E-state index contributed by atoms with van der Waals surface area (Å²) in [5, 5.41) is 0. The van der Waals surface area contributed by atoms with E-state index in [2.05, 4.69) is 13.8 Å². The summed E-state index contributed by atoms with van der Waals surface area (Å²) in [6.07, 6.45) is 0.993. The quantitative estimate of drug-likeness (QED) is 0.804. The summed E-state index contributed by atoms with van der Waals surface area (Å²) in [6.45, 7) is 4.13. The van der Waals surface area contributed by atoms with Gasteiger partial charge in [0.25, 0.3) is 0 Å². The maximum atomic E-state index is 13.3. The Hall–Kier alpha value is -0.610. The predicted molar refractivity (Wildman–Crippen MR) is 64.5 cm³/mol. The van der Waals surface area contributed by atoms with E-state index in [1.165, 1.54) is 17.8 Å². The maximum Gasteiger partial charge on any atom is 0.136 e. The van der Waals surface area contributed by atoms with Gasteiger partial charge in [0.05, 0.1) is 0 Å². The molecular formula is C12H17F2NS. The Balaban J connectivity index is 2.57. The van der Waals surface area contributed by atoms with Gasteiger partial charge in [-0.25, -0.2) is 8.78 Å². The summed E-state index contributed by atoms with van der Waals surface area (Å²) >= 11 is 1.27. The first-order valence-corrected chi connectivity index (χ1v) is 6.36. The predicted octanol–water partition coefficient (Wildman–Crippen LogP) is 3.43. The lowest BCUT2D eigenvalue weighted by Crippen LogP contribution is -2.30. The van der Waals surface area contributed by atoms with Crippen LogP contribution >= 0.6 is 11.8 Å². The van der Waals surface area contributed by atoms with Gasteiger partial charge < -0.3 is 5.73 Å². The minimum absolute atomic E-state index is 0.0117. The van der Waals surface area contributed by atoms with Crippen molar-refractivity contribution >= 4 is 11.8 Å². The van der Waals surface area contributed by atoms with E-state index in [1.54, 1.807) is 0 Å². The Morgan fingerprint density at radius 3 is 2.69 bits per heavy atom. The van der Waals surface area contributed by atoms with Crippen molar-refractivity contribution in [2.75, 3.05) is 5.75 Å². The van der Waals surface area contributed by atoms with Crippen LogP contribution in [-0.2, 0) is 0 Å². The van der Waals surface area contributed by atoms with Crippen LogP contribution in [0.2, 0.25) is 0 Å². The molecule has 1 aromatic rings. The Kier molecular flexibility index (Phi) is 5.22. The van der Waals surface area contributed by atoms with Crippen molar-refractivity contribution in [3.05, 3.63) is 29.8 Å².